The van der Waals surface area contributed by atoms with Crippen LogP contribution in [0.25, 0.3) is 28.4 Å². The number of ether oxygens (including phenoxy) is 1. The Balaban J connectivity index is 1.31. The summed E-state index contributed by atoms with van der Waals surface area (Å²) in [4.78, 5) is 21.7. The fourth-order valence-corrected chi connectivity index (χ4v) is 4.75. The minimum absolute atomic E-state index is 0.195. The van der Waals surface area contributed by atoms with Crippen LogP contribution in [0.4, 0.5) is 19.0 Å². The van der Waals surface area contributed by atoms with Gasteiger partial charge in [0.2, 0.25) is 5.88 Å². The van der Waals surface area contributed by atoms with Crippen LogP contribution in [0, 0.1) is 0 Å². The van der Waals surface area contributed by atoms with Crippen LogP contribution >= 0.6 is 11.6 Å². The van der Waals surface area contributed by atoms with E-state index in [1.807, 2.05) is 26.0 Å². The summed E-state index contributed by atoms with van der Waals surface area (Å²) in [5.41, 5.74) is 2.38. The summed E-state index contributed by atoms with van der Waals surface area (Å²) in [5.74, 6) is 1.69. The van der Waals surface area contributed by atoms with E-state index in [4.69, 9.17) is 21.3 Å². The normalized spacial score (nSPS) is 13.8. The second-order valence-electron chi connectivity index (χ2n) is 10.0. The van der Waals surface area contributed by atoms with Crippen molar-refractivity contribution in [1.29, 1.82) is 0 Å². The zero-order valence-corrected chi connectivity index (χ0v) is 23.1. The molecule has 1 aromatic carbocycles. The Hall–Kier alpha value is -4.26. The summed E-state index contributed by atoms with van der Waals surface area (Å²) in [6.45, 7) is 3.97. The SMILES string of the molecule is COc1ncnc(C2CC2)c1-c1nc(NCc2ccc(-c3nc(C(F)(F)F)cn3C(C)C)cc2)c2ncc(Cl)n2n1. The molecule has 0 spiro atoms. The summed E-state index contributed by atoms with van der Waals surface area (Å²) in [5, 5.41) is 8.21. The zero-order valence-electron chi connectivity index (χ0n) is 22.3. The number of methoxy groups -OCH3 is 1. The van der Waals surface area contributed by atoms with Gasteiger partial charge in [0.1, 0.15) is 17.7 Å². The van der Waals surface area contributed by atoms with Crippen LogP contribution in [0.3, 0.4) is 0 Å². The average molecular weight is 584 g/mol. The number of imidazole rings is 2. The lowest BCUT2D eigenvalue weighted by atomic mass is 10.1. The Labute approximate surface area is 237 Å². The highest BCUT2D eigenvalue weighted by Gasteiger charge is 2.35. The van der Waals surface area contributed by atoms with Gasteiger partial charge < -0.3 is 14.6 Å². The van der Waals surface area contributed by atoms with Gasteiger partial charge in [-0.2, -0.15) is 17.7 Å². The molecule has 0 bridgehead atoms. The van der Waals surface area contributed by atoms with Crippen molar-refractivity contribution in [2.75, 3.05) is 12.4 Å². The zero-order chi connectivity index (χ0) is 28.9. The van der Waals surface area contributed by atoms with E-state index in [2.05, 4.69) is 30.4 Å². The number of nitrogens with zero attached hydrogens (tertiary/aromatic N) is 8. The van der Waals surface area contributed by atoms with Gasteiger partial charge in [-0.25, -0.2) is 24.9 Å². The third kappa shape index (κ3) is 5.17. The molecule has 4 heterocycles. The number of aromatic nitrogens is 8. The second-order valence-corrected chi connectivity index (χ2v) is 10.4. The molecule has 0 atom stereocenters. The van der Waals surface area contributed by atoms with Crippen molar-refractivity contribution in [3.63, 3.8) is 0 Å². The number of rotatable bonds is 8. The number of hydrogen-bond donors (Lipinski definition) is 1. The number of hydrogen-bond acceptors (Lipinski definition) is 8. The molecule has 1 saturated carbocycles. The van der Waals surface area contributed by atoms with Gasteiger partial charge in [0.05, 0.1) is 19.0 Å². The van der Waals surface area contributed by atoms with Crippen LogP contribution in [0.15, 0.2) is 43.0 Å². The lowest BCUT2D eigenvalue weighted by Crippen LogP contribution is -2.10. The molecule has 1 aliphatic rings. The minimum atomic E-state index is -4.52. The lowest BCUT2D eigenvalue weighted by molar-refractivity contribution is -0.140. The maximum Gasteiger partial charge on any atom is 0.434 e. The number of alkyl halides is 3. The van der Waals surface area contributed by atoms with E-state index in [1.165, 1.54) is 28.7 Å². The maximum absolute atomic E-state index is 13.3. The van der Waals surface area contributed by atoms with Gasteiger partial charge in [-0.15, -0.1) is 5.10 Å². The predicted octanol–water partition coefficient (Wildman–Crippen LogP) is 6.20. The number of fused-ring (bicyclic) bond motifs is 1. The molecule has 0 unspecified atom stereocenters. The summed E-state index contributed by atoms with van der Waals surface area (Å²) in [6.07, 6.45) is 1.51. The Morgan fingerprint density at radius 3 is 2.51 bits per heavy atom. The van der Waals surface area contributed by atoms with E-state index < -0.39 is 11.9 Å². The Kier molecular flexibility index (Phi) is 6.76. The van der Waals surface area contributed by atoms with Crippen LogP contribution in [0.5, 0.6) is 5.88 Å². The average Bonchev–Trinajstić information content (AvgIpc) is 3.58. The van der Waals surface area contributed by atoms with Gasteiger partial charge in [-0.05, 0) is 32.3 Å². The van der Waals surface area contributed by atoms with Gasteiger partial charge in [0, 0.05) is 30.3 Å². The molecular formula is C27H25ClF3N9O. The summed E-state index contributed by atoms with van der Waals surface area (Å²) >= 11 is 6.39. The third-order valence-corrected chi connectivity index (χ3v) is 7.05. The van der Waals surface area contributed by atoms with E-state index in [1.54, 1.807) is 12.1 Å². The van der Waals surface area contributed by atoms with E-state index in [9.17, 15) is 13.2 Å². The predicted molar refractivity (Wildman–Crippen MR) is 146 cm³/mol. The number of nitrogens with one attached hydrogen (secondary N) is 1. The first-order valence-corrected chi connectivity index (χ1v) is 13.3. The van der Waals surface area contributed by atoms with Crippen molar-refractivity contribution in [3.05, 3.63) is 65.1 Å². The fraction of sp³-hybridized carbons (Fsp3) is 0.333. The van der Waals surface area contributed by atoms with Crippen LogP contribution in [0.1, 0.15) is 55.6 Å². The molecule has 1 fully saturated rings. The summed E-state index contributed by atoms with van der Waals surface area (Å²) in [7, 11) is 1.53. The smallest absolute Gasteiger partial charge is 0.434 e. The molecule has 212 valence electrons. The Bertz CT molecular complexity index is 1730. The second kappa shape index (κ2) is 10.3. The van der Waals surface area contributed by atoms with E-state index in [0.717, 1.165) is 30.3 Å². The highest BCUT2D eigenvalue weighted by Crippen LogP contribution is 2.45. The molecule has 41 heavy (non-hydrogen) atoms. The van der Waals surface area contributed by atoms with Crippen molar-refractivity contribution in [2.45, 2.75) is 51.4 Å². The molecular weight excluding hydrogens is 559 g/mol. The molecule has 0 aliphatic heterocycles. The quantitative estimate of drug-likeness (QED) is 0.230. The number of benzene rings is 1. The van der Waals surface area contributed by atoms with E-state index in [0.29, 0.717) is 46.0 Å². The van der Waals surface area contributed by atoms with Crippen LogP contribution in [-0.2, 0) is 12.7 Å². The number of halogens is 4. The van der Waals surface area contributed by atoms with Gasteiger partial charge in [0.15, 0.2) is 28.1 Å². The largest absolute Gasteiger partial charge is 0.480 e. The minimum Gasteiger partial charge on any atom is -0.480 e. The van der Waals surface area contributed by atoms with Gasteiger partial charge in [-0.3, -0.25) is 0 Å². The fourth-order valence-electron chi connectivity index (χ4n) is 4.59. The van der Waals surface area contributed by atoms with E-state index >= 15 is 0 Å². The topological polar surface area (TPSA) is 108 Å². The van der Waals surface area contributed by atoms with E-state index in [-0.39, 0.29) is 17.8 Å². The van der Waals surface area contributed by atoms with Crippen molar-refractivity contribution in [1.82, 2.24) is 39.1 Å². The molecule has 6 rings (SSSR count). The van der Waals surface area contributed by atoms with Crippen molar-refractivity contribution in [2.24, 2.45) is 0 Å². The first-order chi connectivity index (χ1) is 19.6. The molecule has 14 heteroatoms. The highest BCUT2D eigenvalue weighted by atomic mass is 35.5. The van der Waals surface area contributed by atoms with Crippen LogP contribution < -0.4 is 10.1 Å². The standard InChI is InChI=1S/C27H25ClF3N9O/c1-14(2)39-12-18(27(29,30)31)36-24(39)17-6-4-15(5-7-17)10-32-23-25-33-11-19(28)40(25)38-22(37-23)20-21(16-8-9-16)34-13-35-26(20)41-3/h4-7,11-14,16H,8-10H2,1-3H3,(H,32,37,38). The molecule has 0 radical (unpaired) electrons. The van der Waals surface area contributed by atoms with Gasteiger partial charge in [0.25, 0.3) is 0 Å². The summed E-state index contributed by atoms with van der Waals surface area (Å²) < 4.78 is 48.5. The molecule has 1 aliphatic carbocycles. The molecule has 5 aromatic rings. The molecule has 0 saturated heterocycles. The van der Waals surface area contributed by atoms with Crippen LogP contribution in [-0.4, -0.2) is 46.2 Å². The Morgan fingerprint density at radius 1 is 1.10 bits per heavy atom. The lowest BCUT2D eigenvalue weighted by Gasteiger charge is -2.13. The van der Waals surface area contributed by atoms with Crippen molar-refractivity contribution in [3.8, 4) is 28.7 Å². The summed E-state index contributed by atoms with van der Waals surface area (Å²) in [6, 6.07) is 6.96. The first-order valence-electron chi connectivity index (χ1n) is 12.9. The number of anilines is 1. The van der Waals surface area contributed by atoms with Gasteiger partial charge >= 0.3 is 6.18 Å². The third-order valence-electron chi connectivity index (χ3n) is 6.79. The maximum atomic E-state index is 13.3. The van der Waals surface area contributed by atoms with Crippen molar-refractivity contribution >= 4 is 23.1 Å². The van der Waals surface area contributed by atoms with Gasteiger partial charge in [-0.1, -0.05) is 35.9 Å². The molecule has 10 nitrogen and oxygen atoms in total. The Morgan fingerprint density at radius 2 is 1.85 bits per heavy atom. The van der Waals surface area contributed by atoms with Crippen LogP contribution in [0.2, 0.25) is 5.15 Å². The molecule has 1 N–H and O–H groups in total. The first kappa shape index (κ1) is 26.9. The van der Waals surface area contributed by atoms with Crippen molar-refractivity contribution < 1.29 is 17.9 Å². The highest BCUT2D eigenvalue weighted by molar-refractivity contribution is 6.29. The molecule has 0 amide bonds. The monoisotopic (exact) mass is 583 g/mol. The molecule has 4 aromatic heterocycles.